The molecule has 0 aliphatic carbocycles. The van der Waals surface area contributed by atoms with Gasteiger partial charge in [-0.05, 0) is 25.1 Å². The fourth-order valence-electron chi connectivity index (χ4n) is 2.04. The number of rotatable bonds is 2. The second kappa shape index (κ2) is 4.35. The Morgan fingerprint density at radius 3 is 2.68 bits per heavy atom. The molecule has 19 heavy (non-hydrogen) atoms. The van der Waals surface area contributed by atoms with Crippen molar-refractivity contribution in [1.82, 2.24) is 19.9 Å². The second-order valence-corrected chi connectivity index (χ2v) is 5.02. The van der Waals surface area contributed by atoms with Gasteiger partial charge in [-0.3, -0.25) is 4.40 Å². The van der Waals surface area contributed by atoms with E-state index < -0.39 is 11.7 Å². The highest BCUT2D eigenvalue weighted by molar-refractivity contribution is 6.33. The molecular formula is C11H10ClF3N4. The van der Waals surface area contributed by atoms with Crippen LogP contribution >= 0.6 is 11.6 Å². The van der Waals surface area contributed by atoms with Crippen LogP contribution in [0.25, 0.3) is 5.65 Å². The van der Waals surface area contributed by atoms with Crippen LogP contribution < -0.4 is 5.32 Å². The van der Waals surface area contributed by atoms with Gasteiger partial charge in [0, 0.05) is 12.6 Å². The summed E-state index contributed by atoms with van der Waals surface area (Å²) in [6.45, 7) is 1.70. The standard InChI is InChI=1S/C11H10ClF3N4/c12-8-2-7(11(13,14)15)5-19-9(17-18-10(8)19)1-6-3-16-4-6/h2,5-6,16H,1,3-4H2. The van der Waals surface area contributed by atoms with Gasteiger partial charge in [0.1, 0.15) is 5.82 Å². The molecule has 0 bridgehead atoms. The van der Waals surface area contributed by atoms with Crippen molar-refractivity contribution in [3.8, 4) is 0 Å². The maximum absolute atomic E-state index is 12.8. The molecule has 2 aromatic heterocycles. The van der Waals surface area contributed by atoms with Gasteiger partial charge in [0.25, 0.3) is 0 Å². The fraction of sp³-hybridized carbons (Fsp3) is 0.455. The molecule has 2 aromatic rings. The molecule has 0 saturated carbocycles. The molecule has 0 aromatic carbocycles. The minimum absolute atomic E-state index is 0.0414. The lowest BCUT2D eigenvalue weighted by molar-refractivity contribution is -0.137. The fourth-order valence-corrected chi connectivity index (χ4v) is 2.29. The number of aromatic nitrogens is 3. The highest BCUT2D eigenvalue weighted by atomic mass is 35.5. The van der Waals surface area contributed by atoms with Crippen molar-refractivity contribution in [2.45, 2.75) is 12.6 Å². The first kappa shape index (κ1) is 12.7. The molecule has 1 fully saturated rings. The highest BCUT2D eigenvalue weighted by Crippen LogP contribution is 2.32. The van der Waals surface area contributed by atoms with E-state index in [1.807, 2.05) is 0 Å². The Labute approximate surface area is 111 Å². The predicted octanol–water partition coefficient (Wildman–Crippen LogP) is 2.16. The summed E-state index contributed by atoms with van der Waals surface area (Å²) in [5.74, 6) is 0.898. The summed E-state index contributed by atoms with van der Waals surface area (Å²) in [5.41, 5.74) is -0.533. The maximum atomic E-state index is 12.8. The molecular weight excluding hydrogens is 281 g/mol. The quantitative estimate of drug-likeness (QED) is 0.922. The number of nitrogens with one attached hydrogen (secondary N) is 1. The summed E-state index contributed by atoms with van der Waals surface area (Å²) < 4.78 is 39.6. The first-order chi connectivity index (χ1) is 8.95. The molecule has 102 valence electrons. The van der Waals surface area contributed by atoms with E-state index in [4.69, 9.17) is 11.6 Å². The lowest BCUT2D eigenvalue weighted by atomic mass is 9.99. The SMILES string of the molecule is FC(F)(F)c1cc(Cl)c2nnc(CC3CNC3)n2c1. The van der Waals surface area contributed by atoms with Crippen LogP contribution in [0.4, 0.5) is 13.2 Å². The van der Waals surface area contributed by atoms with Crippen molar-refractivity contribution >= 4 is 17.2 Å². The van der Waals surface area contributed by atoms with Gasteiger partial charge >= 0.3 is 6.18 Å². The number of halogens is 4. The molecule has 0 spiro atoms. The Morgan fingerprint density at radius 2 is 2.11 bits per heavy atom. The van der Waals surface area contributed by atoms with Crippen LogP contribution in [-0.4, -0.2) is 27.7 Å². The van der Waals surface area contributed by atoms with E-state index in [0.29, 0.717) is 18.2 Å². The summed E-state index contributed by atoms with van der Waals surface area (Å²) in [7, 11) is 0. The van der Waals surface area contributed by atoms with Gasteiger partial charge in [-0.15, -0.1) is 10.2 Å². The lowest BCUT2D eigenvalue weighted by Gasteiger charge is -2.26. The minimum atomic E-state index is -4.43. The largest absolute Gasteiger partial charge is 0.417 e. The van der Waals surface area contributed by atoms with Crippen molar-refractivity contribution < 1.29 is 13.2 Å². The number of nitrogens with zero attached hydrogens (tertiary/aromatic N) is 3. The van der Waals surface area contributed by atoms with Crippen LogP contribution in [0.15, 0.2) is 12.3 Å². The van der Waals surface area contributed by atoms with Gasteiger partial charge in [-0.1, -0.05) is 11.6 Å². The van der Waals surface area contributed by atoms with Gasteiger partial charge in [-0.25, -0.2) is 0 Å². The number of hydrogen-bond donors (Lipinski definition) is 1. The van der Waals surface area contributed by atoms with Gasteiger partial charge in [0.2, 0.25) is 0 Å². The van der Waals surface area contributed by atoms with Crippen molar-refractivity contribution in [1.29, 1.82) is 0 Å². The first-order valence-corrected chi connectivity index (χ1v) is 6.14. The van der Waals surface area contributed by atoms with Gasteiger partial charge in [0.15, 0.2) is 5.65 Å². The van der Waals surface area contributed by atoms with Gasteiger partial charge in [-0.2, -0.15) is 13.2 Å². The molecule has 3 heterocycles. The topological polar surface area (TPSA) is 42.2 Å². The molecule has 0 amide bonds. The molecule has 0 atom stereocenters. The Balaban J connectivity index is 2.06. The van der Waals surface area contributed by atoms with Crippen LogP contribution in [0.1, 0.15) is 11.4 Å². The van der Waals surface area contributed by atoms with Crippen LogP contribution in [-0.2, 0) is 12.6 Å². The number of hydrogen-bond acceptors (Lipinski definition) is 3. The average molecular weight is 291 g/mol. The third kappa shape index (κ3) is 2.28. The van der Waals surface area contributed by atoms with Crippen molar-refractivity contribution in [3.05, 3.63) is 28.7 Å². The summed E-state index contributed by atoms with van der Waals surface area (Å²) in [4.78, 5) is 0. The number of fused-ring (bicyclic) bond motifs is 1. The van der Waals surface area contributed by atoms with E-state index in [2.05, 4.69) is 15.5 Å². The van der Waals surface area contributed by atoms with Crippen molar-refractivity contribution in [3.63, 3.8) is 0 Å². The monoisotopic (exact) mass is 290 g/mol. The molecule has 4 nitrogen and oxygen atoms in total. The molecule has 1 saturated heterocycles. The molecule has 3 rings (SSSR count). The first-order valence-electron chi connectivity index (χ1n) is 5.76. The summed E-state index contributed by atoms with van der Waals surface area (Å²) in [6, 6.07) is 0.875. The van der Waals surface area contributed by atoms with Crippen LogP contribution in [0.2, 0.25) is 5.02 Å². The summed E-state index contributed by atoms with van der Waals surface area (Å²) >= 11 is 5.83. The van der Waals surface area contributed by atoms with Crippen molar-refractivity contribution in [2.24, 2.45) is 5.92 Å². The Hall–Kier alpha value is -1.34. The molecule has 1 aliphatic rings. The maximum Gasteiger partial charge on any atom is 0.417 e. The van der Waals surface area contributed by atoms with Crippen molar-refractivity contribution in [2.75, 3.05) is 13.1 Å². The number of pyridine rings is 1. The molecule has 1 N–H and O–H groups in total. The van der Waals surface area contributed by atoms with Crippen LogP contribution in [0.5, 0.6) is 0 Å². The average Bonchev–Trinajstić information content (AvgIpc) is 2.66. The van der Waals surface area contributed by atoms with Gasteiger partial charge < -0.3 is 5.32 Å². The third-order valence-electron chi connectivity index (χ3n) is 3.20. The van der Waals surface area contributed by atoms with Crippen LogP contribution in [0.3, 0.4) is 0 Å². The molecule has 0 unspecified atom stereocenters. The third-order valence-corrected chi connectivity index (χ3v) is 3.47. The van der Waals surface area contributed by atoms with E-state index in [1.54, 1.807) is 0 Å². The molecule has 1 aliphatic heterocycles. The zero-order valence-electron chi connectivity index (χ0n) is 9.71. The minimum Gasteiger partial charge on any atom is -0.316 e. The van der Waals surface area contributed by atoms with E-state index in [-0.39, 0.29) is 10.7 Å². The zero-order chi connectivity index (χ0) is 13.6. The predicted molar refractivity (Wildman–Crippen MR) is 63.1 cm³/mol. The van der Waals surface area contributed by atoms with Crippen LogP contribution in [0, 0.1) is 5.92 Å². The summed E-state index contributed by atoms with van der Waals surface area (Å²) in [5, 5.41) is 10.8. The van der Waals surface area contributed by atoms with E-state index in [1.165, 1.54) is 4.40 Å². The molecule has 0 radical (unpaired) electrons. The van der Waals surface area contributed by atoms with E-state index in [0.717, 1.165) is 25.4 Å². The van der Waals surface area contributed by atoms with Gasteiger partial charge in [0.05, 0.1) is 10.6 Å². The Morgan fingerprint density at radius 1 is 1.37 bits per heavy atom. The normalized spacial score (nSPS) is 16.8. The zero-order valence-corrected chi connectivity index (χ0v) is 10.5. The number of alkyl halides is 3. The molecule has 8 heteroatoms. The second-order valence-electron chi connectivity index (χ2n) is 4.61. The lowest BCUT2D eigenvalue weighted by Crippen LogP contribution is -2.43. The highest BCUT2D eigenvalue weighted by Gasteiger charge is 2.32. The van der Waals surface area contributed by atoms with E-state index in [9.17, 15) is 13.2 Å². The summed E-state index contributed by atoms with van der Waals surface area (Å²) in [6.07, 6.45) is -2.84. The Kier molecular flexibility index (Phi) is 2.90. The van der Waals surface area contributed by atoms with E-state index >= 15 is 0 Å². The smallest absolute Gasteiger partial charge is 0.316 e. The Bertz CT molecular complexity index is 618.